The molecule has 1 N–H and O–H groups in total. The standard InChI is InChI=1S/C15H21N3O3/c1-11-16-13-5-4-12(15(19)20)10-14(13)18(11)7-6-17(2)8-9-21-3/h4-5,10H,6-9H2,1-3H3,(H,19,20). The monoisotopic (exact) mass is 291 g/mol. The molecule has 1 heterocycles. The lowest BCUT2D eigenvalue weighted by molar-refractivity contribution is 0.0697. The van der Waals surface area contributed by atoms with Crippen LogP contribution >= 0.6 is 0 Å². The third kappa shape index (κ3) is 3.59. The van der Waals surface area contributed by atoms with E-state index in [9.17, 15) is 4.79 Å². The Kier molecular flexibility index (Phi) is 4.93. The number of hydrogen-bond acceptors (Lipinski definition) is 4. The minimum atomic E-state index is -0.917. The number of carboxylic acid groups (broad SMARTS) is 1. The van der Waals surface area contributed by atoms with Crippen molar-refractivity contribution in [3.8, 4) is 0 Å². The third-order valence-electron chi connectivity index (χ3n) is 3.57. The molecule has 0 radical (unpaired) electrons. The molecule has 2 aromatic rings. The fourth-order valence-electron chi connectivity index (χ4n) is 2.29. The van der Waals surface area contributed by atoms with E-state index < -0.39 is 5.97 Å². The van der Waals surface area contributed by atoms with E-state index in [0.717, 1.165) is 36.5 Å². The van der Waals surface area contributed by atoms with Gasteiger partial charge in [0, 0.05) is 26.7 Å². The van der Waals surface area contributed by atoms with Crippen molar-refractivity contribution < 1.29 is 14.6 Å². The molecule has 6 nitrogen and oxygen atoms in total. The van der Waals surface area contributed by atoms with E-state index in [-0.39, 0.29) is 5.56 Å². The van der Waals surface area contributed by atoms with Gasteiger partial charge in [0.05, 0.1) is 23.2 Å². The maximum Gasteiger partial charge on any atom is 0.335 e. The summed E-state index contributed by atoms with van der Waals surface area (Å²) < 4.78 is 7.12. The molecule has 0 saturated heterocycles. The first-order valence-corrected chi connectivity index (χ1v) is 6.90. The molecular weight excluding hydrogens is 270 g/mol. The average Bonchev–Trinajstić information content (AvgIpc) is 2.77. The Morgan fingerprint density at radius 3 is 2.86 bits per heavy atom. The molecule has 0 bridgehead atoms. The van der Waals surface area contributed by atoms with Crippen LogP contribution in [0.2, 0.25) is 0 Å². The first-order valence-electron chi connectivity index (χ1n) is 6.90. The zero-order chi connectivity index (χ0) is 15.4. The number of hydrogen-bond donors (Lipinski definition) is 1. The number of carbonyl (C=O) groups is 1. The van der Waals surface area contributed by atoms with E-state index in [0.29, 0.717) is 6.61 Å². The number of likely N-dealkylation sites (N-methyl/N-ethyl adjacent to an activating group) is 1. The number of carboxylic acids is 1. The van der Waals surface area contributed by atoms with Crippen molar-refractivity contribution in [2.24, 2.45) is 0 Å². The predicted octanol–water partition coefficient (Wildman–Crippen LogP) is 1.62. The van der Waals surface area contributed by atoms with E-state index in [2.05, 4.69) is 14.5 Å². The van der Waals surface area contributed by atoms with Gasteiger partial charge in [0.2, 0.25) is 0 Å². The van der Waals surface area contributed by atoms with Gasteiger partial charge < -0.3 is 19.3 Å². The highest BCUT2D eigenvalue weighted by Crippen LogP contribution is 2.18. The van der Waals surface area contributed by atoms with Crippen molar-refractivity contribution >= 4 is 17.0 Å². The van der Waals surface area contributed by atoms with Crippen LogP contribution < -0.4 is 0 Å². The Balaban J connectivity index is 2.20. The van der Waals surface area contributed by atoms with Gasteiger partial charge in [0.15, 0.2) is 0 Å². The first-order chi connectivity index (χ1) is 10.0. The Labute approximate surface area is 124 Å². The van der Waals surface area contributed by atoms with Crippen molar-refractivity contribution in [2.75, 3.05) is 33.9 Å². The van der Waals surface area contributed by atoms with Gasteiger partial charge in [-0.3, -0.25) is 0 Å². The molecular formula is C15H21N3O3. The van der Waals surface area contributed by atoms with Crippen LogP contribution in [0.3, 0.4) is 0 Å². The molecule has 0 spiro atoms. The second-order valence-electron chi connectivity index (χ2n) is 5.12. The molecule has 0 amide bonds. The number of fused-ring (bicyclic) bond motifs is 1. The van der Waals surface area contributed by atoms with Crippen LogP contribution in [0.15, 0.2) is 18.2 Å². The second-order valence-corrected chi connectivity index (χ2v) is 5.12. The zero-order valence-corrected chi connectivity index (χ0v) is 12.7. The topological polar surface area (TPSA) is 67.6 Å². The maximum absolute atomic E-state index is 11.1. The van der Waals surface area contributed by atoms with Gasteiger partial charge in [-0.2, -0.15) is 0 Å². The largest absolute Gasteiger partial charge is 0.478 e. The summed E-state index contributed by atoms with van der Waals surface area (Å²) in [6.45, 7) is 5.13. The van der Waals surface area contributed by atoms with E-state index >= 15 is 0 Å². The summed E-state index contributed by atoms with van der Waals surface area (Å²) in [7, 11) is 3.73. The number of aromatic carboxylic acids is 1. The van der Waals surface area contributed by atoms with Crippen LogP contribution in [0, 0.1) is 6.92 Å². The van der Waals surface area contributed by atoms with E-state index in [1.165, 1.54) is 0 Å². The number of aromatic nitrogens is 2. The number of ether oxygens (including phenoxy) is 1. The van der Waals surface area contributed by atoms with Crippen LogP contribution in [-0.4, -0.2) is 59.4 Å². The summed E-state index contributed by atoms with van der Waals surface area (Å²) in [4.78, 5) is 17.8. The predicted molar refractivity (Wildman–Crippen MR) is 80.8 cm³/mol. The molecule has 0 fully saturated rings. The lowest BCUT2D eigenvalue weighted by atomic mass is 10.2. The van der Waals surface area contributed by atoms with Gasteiger partial charge in [-0.1, -0.05) is 0 Å². The van der Waals surface area contributed by atoms with Gasteiger partial charge >= 0.3 is 5.97 Å². The highest BCUT2D eigenvalue weighted by molar-refractivity contribution is 5.92. The van der Waals surface area contributed by atoms with Crippen LogP contribution in [0.5, 0.6) is 0 Å². The zero-order valence-electron chi connectivity index (χ0n) is 12.7. The fourth-order valence-corrected chi connectivity index (χ4v) is 2.29. The number of aryl methyl sites for hydroxylation is 1. The molecule has 0 saturated carbocycles. The molecule has 6 heteroatoms. The van der Waals surface area contributed by atoms with Gasteiger partial charge in [-0.15, -0.1) is 0 Å². The summed E-state index contributed by atoms with van der Waals surface area (Å²) in [6, 6.07) is 5.04. The van der Waals surface area contributed by atoms with Crippen molar-refractivity contribution in [1.82, 2.24) is 14.5 Å². The number of benzene rings is 1. The van der Waals surface area contributed by atoms with E-state index in [1.807, 2.05) is 14.0 Å². The lowest BCUT2D eigenvalue weighted by Gasteiger charge is -2.17. The molecule has 1 aromatic heterocycles. The van der Waals surface area contributed by atoms with Crippen LogP contribution in [-0.2, 0) is 11.3 Å². The maximum atomic E-state index is 11.1. The molecule has 0 aliphatic rings. The smallest absolute Gasteiger partial charge is 0.335 e. The summed E-state index contributed by atoms with van der Waals surface area (Å²) in [5, 5.41) is 9.11. The molecule has 0 unspecified atom stereocenters. The summed E-state index contributed by atoms with van der Waals surface area (Å²) in [5.41, 5.74) is 1.99. The van der Waals surface area contributed by atoms with E-state index in [1.54, 1.807) is 25.3 Å². The number of methoxy groups -OCH3 is 1. The van der Waals surface area contributed by atoms with Gasteiger partial charge in [-0.25, -0.2) is 9.78 Å². The van der Waals surface area contributed by atoms with Crippen LogP contribution in [0.25, 0.3) is 11.0 Å². The third-order valence-corrected chi connectivity index (χ3v) is 3.57. The molecule has 0 atom stereocenters. The number of rotatable bonds is 7. The molecule has 1 aromatic carbocycles. The number of nitrogens with zero attached hydrogens (tertiary/aromatic N) is 3. The highest BCUT2D eigenvalue weighted by Gasteiger charge is 2.11. The second kappa shape index (κ2) is 6.69. The fraction of sp³-hybridized carbons (Fsp3) is 0.467. The van der Waals surface area contributed by atoms with Crippen molar-refractivity contribution in [3.05, 3.63) is 29.6 Å². The molecule has 114 valence electrons. The minimum absolute atomic E-state index is 0.288. The molecule has 21 heavy (non-hydrogen) atoms. The van der Waals surface area contributed by atoms with Gasteiger partial charge in [0.25, 0.3) is 0 Å². The average molecular weight is 291 g/mol. The summed E-state index contributed by atoms with van der Waals surface area (Å²) in [6.07, 6.45) is 0. The first kappa shape index (κ1) is 15.5. The van der Waals surface area contributed by atoms with Crippen molar-refractivity contribution in [1.29, 1.82) is 0 Å². The Morgan fingerprint density at radius 2 is 2.19 bits per heavy atom. The quantitative estimate of drug-likeness (QED) is 0.839. The molecule has 0 aliphatic carbocycles. The highest BCUT2D eigenvalue weighted by atomic mass is 16.5. The van der Waals surface area contributed by atoms with Gasteiger partial charge in [0.1, 0.15) is 5.82 Å². The van der Waals surface area contributed by atoms with Crippen molar-refractivity contribution in [2.45, 2.75) is 13.5 Å². The van der Waals surface area contributed by atoms with E-state index in [4.69, 9.17) is 9.84 Å². The SMILES string of the molecule is COCCN(C)CCn1c(C)nc2ccc(C(=O)O)cc21. The Morgan fingerprint density at radius 1 is 1.43 bits per heavy atom. The normalized spacial score (nSPS) is 11.4. The lowest BCUT2D eigenvalue weighted by Crippen LogP contribution is -2.27. The number of imidazole rings is 1. The van der Waals surface area contributed by atoms with Crippen molar-refractivity contribution in [3.63, 3.8) is 0 Å². The minimum Gasteiger partial charge on any atom is -0.478 e. The van der Waals surface area contributed by atoms with Crippen LogP contribution in [0.4, 0.5) is 0 Å². The van der Waals surface area contributed by atoms with Crippen LogP contribution in [0.1, 0.15) is 16.2 Å². The molecule has 0 aliphatic heterocycles. The summed E-state index contributed by atoms with van der Waals surface area (Å²) in [5.74, 6) is -0.0211. The Bertz CT molecular complexity index is 636. The molecule has 2 rings (SSSR count). The Hall–Kier alpha value is -1.92. The summed E-state index contributed by atoms with van der Waals surface area (Å²) >= 11 is 0. The van der Waals surface area contributed by atoms with Gasteiger partial charge in [-0.05, 0) is 32.2 Å².